The Bertz CT molecular complexity index is 558. The van der Waals surface area contributed by atoms with Crippen molar-refractivity contribution in [3.8, 4) is 0 Å². The van der Waals surface area contributed by atoms with Gasteiger partial charge in [-0.15, -0.1) is 0 Å². The van der Waals surface area contributed by atoms with Crippen molar-refractivity contribution in [2.24, 2.45) is 5.73 Å². The van der Waals surface area contributed by atoms with E-state index in [1.165, 1.54) is 12.1 Å². The number of benzene rings is 2. The Kier molecular flexibility index (Phi) is 4.35. The molecule has 2 aromatic rings. The maximum absolute atomic E-state index is 13.7. The van der Waals surface area contributed by atoms with Crippen molar-refractivity contribution in [2.45, 2.75) is 6.04 Å². The van der Waals surface area contributed by atoms with Crippen LogP contribution in [-0.4, -0.2) is 6.54 Å². The normalized spacial score (nSPS) is 12.2. The van der Waals surface area contributed by atoms with E-state index in [9.17, 15) is 8.78 Å². The molecular formula is C14H13ClF2N2. The second-order valence-electron chi connectivity index (χ2n) is 4.11. The molecule has 0 radical (unpaired) electrons. The molecule has 0 spiro atoms. The van der Waals surface area contributed by atoms with E-state index in [0.29, 0.717) is 10.6 Å². The second kappa shape index (κ2) is 5.99. The first kappa shape index (κ1) is 13.8. The van der Waals surface area contributed by atoms with E-state index >= 15 is 0 Å². The van der Waals surface area contributed by atoms with Crippen LogP contribution in [0.1, 0.15) is 11.6 Å². The van der Waals surface area contributed by atoms with Crippen LogP contribution in [0.4, 0.5) is 14.5 Å². The fourth-order valence-corrected chi connectivity index (χ4v) is 1.92. The number of nitrogens with one attached hydrogen (secondary N) is 1. The van der Waals surface area contributed by atoms with Gasteiger partial charge in [-0.05, 0) is 30.3 Å². The number of hydrogen-bond donors (Lipinski definition) is 2. The molecule has 1 atom stereocenters. The first-order chi connectivity index (χ1) is 9.10. The van der Waals surface area contributed by atoms with Gasteiger partial charge in [0.25, 0.3) is 0 Å². The van der Waals surface area contributed by atoms with Gasteiger partial charge >= 0.3 is 0 Å². The minimum atomic E-state index is -0.614. The molecular weight excluding hydrogens is 270 g/mol. The molecule has 3 N–H and O–H groups in total. The predicted molar refractivity (Wildman–Crippen MR) is 73.2 cm³/mol. The monoisotopic (exact) mass is 282 g/mol. The molecule has 19 heavy (non-hydrogen) atoms. The Morgan fingerprint density at radius 1 is 1.11 bits per heavy atom. The lowest BCUT2D eigenvalue weighted by molar-refractivity contribution is 0.562. The molecule has 0 fully saturated rings. The summed E-state index contributed by atoms with van der Waals surface area (Å²) in [5.41, 5.74) is 6.74. The highest BCUT2D eigenvalue weighted by molar-refractivity contribution is 6.30. The van der Waals surface area contributed by atoms with Crippen LogP contribution >= 0.6 is 11.6 Å². The Hall–Kier alpha value is -1.65. The molecule has 5 heteroatoms. The SMILES string of the molecule is NCC(Nc1ccc(Cl)cc1)c1ccc(F)cc1F. The first-order valence-electron chi connectivity index (χ1n) is 5.77. The summed E-state index contributed by atoms with van der Waals surface area (Å²) in [7, 11) is 0. The summed E-state index contributed by atoms with van der Waals surface area (Å²) in [5, 5.41) is 3.70. The summed E-state index contributed by atoms with van der Waals surface area (Å²) in [5.74, 6) is -1.22. The zero-order chi connectivity index (χ0) is 13.8. The van der Waals surface area contributed by atoms with Crippen LogP contribution in [0.2, 0.25) is 5.02 Å². The summed E-state index contributed by atoms with van der Waals surface area (Å²) in [6.07, 6.45) is 0. The standard InChI is InChI=1S/C14H13ClF2N2/c15-9-1-4-11(5-2-9)19-14(8-18)12-6-3-10(16)7-13(12)17/h1-7,14,19H,8,18H2. The van der Waals surface area contributed by atoms with E-state index in [4.69, 9.17) is 17.3 Å². The third-order valence-electron chi connectivity index (χ3n) is 2.76. The van der Waals surface area contributed by atoms with E-state index < -0.39 is 17.7 Å². The lowest BCUT2D eigenvalue weighted by Gasteiger charge is -2.19. The molecule has 0 heterocycles. The van der Waals surface area contributed by atoms with Crippen molar-refractivity contribution in [1.82, 2.24) is 0 Å². The van der Waals surface area contributed by atoms with Crippen LogP contribution in [-0.2, 0) is 0 Å². The molecule has 0 aliphatic rings. The van der Waals surface area contributed by atoms with Gasteiger partial charge in [0.1, 0.15) is 11.6 Å². The van der Waals surface area contributed by atoms with Gasteiger partial charge in [-0.1, -0.05) is 17.7 Å². The Morgan fingerprint density at radius 3 is 2.37 bits per heavy atom. The van der Waals surface area contributed by atoms with E-state index in [-0.39, 0.29) is 6.54 Å². The Morgan fingerprint density at radius 2 is 1.79 bits per heavy atom. The topological polar surface area (TPSA) is 38.0 Å². The number of halogens is 3. The van der Waals surface area contributed by atoms with Crippen LogP contribution < -0.4 is 11.1 Å². The lowest BCUT2D eigenvalue weighted by atomic mass is 10.1. The van der Waals surface area contributed by atoms with Gasteiger partial charge in [0.15, 0.2) is 0 Å². The van der Waals surface area contributed by atoms with Crippen LogP contribution in [0.15, 0.2) is 42.5 Å². The van der Waals surface area contributed by atoms with Crippen molar-refractivity contribution in [3.63, 3.8) is 0 Å². The molecule has 0 amide bonds. The van der Waals surface area contributed by atoms with Gasteiger partial charge in [-0.2, -0.15) is 0 Å². The van der Waals surface area contributed by atoms with Gasteiger partial charge in [0.2, 0.25) is 0 Å². The molecule has 0 aliphatic carbocycles. The first-order valence-corrected chi connectivity index (χ1v) is 6.15. The third-order valence-corrected chi connectivity index (χ3v) is 3.01. The number of rotatable bonds is 4. The maximum atomic E-state index is 13.7. The van der Waals surface area contributed by atoms with Crippen LogP contribution in [0.5, 0.6) is 0 Å². The Balaban J connectivity index is 2.22. The zero-order valence-electron chi connectivity index (χ0n) is 10.0. The molecule has 0 bridgehead atoms. The Labute approximate surface area is 115 Å². The number of anilines is 1. The van der Waals surface area contributed by atoms with E-state index in [1.807, 2.05) is 0 Å². The minimum Gasteiger partial charge on any atom is -0.377 e. The summed E-state index contributed by atoms with van der Waals surface area (Å²) in [4.78, 5) is 0. The minimum absolute atomic E-state index is 0.186. The van der Waals surface area contributed by atoms with Crippen molar-refractivity contribution in [3.05, 3.63) is 64.7 Å². The quantitative estimate of drug-likeness (QED) is 0.897. The largest absolute Gasteiger partial charge is 0.377 e. The second-order valence-corrected chi connectivity index (χ2v) is 4.54. The highest BCUT2D eigenvalue weighted by Crippen LogP contribution is 2.23. The molecule has 0 saturated heterocycles. The van der Waals surface area contributed by atoms with Gasteiger partial charge < -0.3 is 11.1 Å². The maximum Gasteiger partial charge on any atom is 0.131 e. The summed E-state index contributed by atoms with van der Waals surface area (Å²) < 4.78 is 26.6. The molecule has 2 rings (SSSR count). The fraction of sp³-hybridized carbons (Fsp3) is 0.143. The van der Waals surface area contributed by atoms with Gasteiger partial charge in [-0.25, -0.2) is 8.78 Å². The van der Waals surface area contributed by atoms with E-state index in [2.05, 4.69) is 5.32 Å². The highest BCUT2D eigenvalue weighted by Gasteiger charge is 2.14. The fourth-order valence-electron chi connectivity index (χ4n) is 1.80. The third kappa shape index (κ3) is 3.43. The summed E-state index contributed by atoms with van der Waals surface area (Å²) in [6, 6.07) is 10.0. The van der Waals surface area contributed by atoms with Gasteiger partial charge in [-0.3, -0.25) is 0 Å². The van der Waals surface area contributed by atoms with Crippen LogP contribution in [0.3, 0.4) is 0 Å². The lowest BCUT2D eigenvalue weighted by Crippen LogP contribution is -2.21. The van der Waals surface area contributed by atoms with E-state index in [0.717, 1.165) is 11.8 Å². The zero-order valence-corrected chi connectivity index (χ0v) is 10.8. The summed E-state index contributed by atoms with van der Waals surface area (Å²) >= 11 is 5.79. The smallest absolute Gasteiger partial charge is 0.131 e. The predicted octanol–water partition coefficient (Wildman–Crippen LogP) is 3.73. The van der Waals surface area contributed by atoms with Crippen LogP contribution in [0.25, 0.3) is 0 Å². The average molecular weight is 283 g/mol. The number of hydrogen-bond acceptors (Lipinski definition) is 2. The van der Waals surface area contributed by atoms with Crippen LogP contribution in [0, 0.1) is 11.6 Å². The van der Waals surface area contributed by atoms with E-state index in [1.54, 1.807) is 24.3 Å². The van der Waals surface area contributed by atoms with Crippen molar-refractivity contribution >= 4 is 17.3 Å². The van der Waals surface area contributed by atoms with Gasteiger partial charge in [0.05, 0.1) is 6.04 Å². The van der Waals surface area contributed by atoms with Crippen molar-refractivity contribution in [2.75, 3.05) is 11.9 Å². The molecule has 100 valence electrons. The average Bonchev–Trinajstić information content (AvgIpc) is 2.39. The molecule has 2 aromatic carbocycles. The van der Waals surface area contributed by atoms with Crippen molar-refractivity contribution < 1.29 is 8.78 Å². The molecule has 1 unspecified atom stereocenters. The number of nitrogens with two attached hydrogens (primary N) is 1. The summed E-state index contributed by atoms with van der Waals surface area (Å²) in [6.45, 7) is 0.186. The molecule has 2 nitrogen and oxygen atoms in total. The molecule has 0 saturated carbocycles. The highest BCUT2D eigenvalue weighted by atomic mass is 35.5. The van der Waals surface area contributed by atoms with Gasteiger partial charge in [0, 0.05) is 28.9 Å². The molecule has 0 aliphatic heterocycles. The molecule has 0 aromatic heterocycles. The van der Waals surface area contributed by atoms with Crippen molar-refractivity contribution in [1.29, 1.82) is 0 Å².